The van der Waals surface area contributed by atoms with Gasteiger partial charge < -0.3 is 9.73 Å². The molecule has 0 bridgehead atoms. The van der Waals surface area contributed by atoms with Crippen molar-refractivity contribution in [3.63, 3.8) is 0 Å². The molecule has 0 radical (unpaired) electrons. The zero-order valence-corrected chi connectivity index (χ0v) is 10.3. The highest BCUT2D eigenvalue weighted by molar-refractivity contribution is 5.03. The number of nitriles is 1. The van der Waals surface area contributed by atoms with Crippen LogP contribution >= 0.6 is 0 Å². The van der Waals surface area contributed by atoms with E-state index in [4.69, 9.17) is 9.68 Å². The van der Waals surface area contributed by atoms with Crippen molar-refractivity contribution in [1.29, 1.82) is 5.26 Å². The second-order valence-electron chi connectivity index (χ2n) is 4.94. The van der Waals surface area contributed by atoms with Crippen LogP contribution in [0.2, 0.25) is 0 Å². The number of nitrogens with zero attached hydrogens (tertiary/aromatic N) is 1. The molecule has 0 amide bonds. The molecule has 0 saturated carbocycles. The maximum absolute atomic E-state index is 8.57. The van der Waals surface area contributed by atoms with Crippen LogP contribution in [-0.4, -0.2) is 6.54 Å². The van der Waals surface area contributed by atoms with Crippen LogP contribution in [0.3, 0.4) is 0 Å². The molecular formula is C13H20N2O. The molecule has 1 atom stereocenters. The first kappa shape index (κ1) is 12.8. The Morgan fingerprint density at radius 1 is 1.56 bits per heavy atom. The lowest BCUT2D eigenvalue weighted by Crippen LogP contribution is -2.31. The highest BCUT2D eigenvalue weighted by atomic mass is 16.3. The fourth-order valence-corrected chi connectivity index (χ4v) is 1.55. The largest absolute Gasteiger partial charge is 0.468 e. The maximum Gasteiger partial charge on any atom is 0.120 e. The fourth-order valence-electron chi connectivity index (χ4n) is 1.55. The molecule has 0 aliphatic heterocycles. The Hall–Kier alpha value is -1.27. The van der Waals surface area contributed by atoms with Crippen molar-refractivity contribution in [3.8, 4) is 6.07 Å². The van der Waals surface area contributed by atoms with Gasteiger partial charge in [-0.05, 0) is 30.9 Å². The number of nitrogens with one attached hydrogen (secondary N) is 1. The van der Waals surface area contributed by atoms with Gasteiger partial charge in [-0.1, -0.05) is 13.8 Å². The summed E-state index contributed by atoms with van der Waals surface area (Å²) in [5.41, 5.74) is 0.149. The van der Waals surface area contributed by atoms with Crippen molar-refractivity contribution in [2.24, 2.45) is 5.41 Å². The van der Waals surface area contributed by atoms with Crippen LogP contribution in [0.1, 0.15) is 45.4 Å². The summed E-state index contributed by atoms with van der Waals surface area (Å²) in [5, 5.41) is 12.0. The average Bonchev–Trinajstić information content (AvgIpc) is 2.77. The lowest BCUT2D eigenvalue weighted by Gasteiger charge is -2.25. The highest BCUT2D eigenvalue weighted by Crippen LogP contribution is 2.22. The van der Waals surface area contributed by atoms with Crippen LogP contribution in [0, 0.1) is 16.7 Å². The van der Waals surface area contributed by atoms with E-state index in [1.807, 2.05) is 12.1 Å². The van der Waals surface area contributed by atoms with E-state index in [0.717, 1.165) is 18.7 Å². The molecule has 0 aromatic carbocycles. The minimum Gasteiger partial charge on any atom is -0.468 e. The quantitative estimate of drug-likeness (QED) is 0.800. The van der Waals surface area contributed by atoms with Gasteiger partial charge in [0.1, 0.15) is 5.76 Å². The molecule has 1 aromatic heterocycles. The summed E-state index contributed by atoms with van der Waals surface area (Å²) < 4.78 is 5.33. The average molecular weight is 220 g/mol. The van der Waals surface area contributed by atoms with Crippen LogP contribution in [0.5, 0.6) is 0 Å². The molecular weight excluding hydrogens is 200 g/mol. The van der Waals surface area contributed by atoms with E-state index in [9.17, 15) is 0 Å². The first-order chi connectivity index (χ1) is 7.55. The SMILES string of the molecule is CC(NCC(C)(C)CCC#N)c1ccco1. The molecule has 1 heterocycles. The summed E-state index contributed by atoms with van der Waals surface area (Å²) >= 11 is 0. The van der Waals surface area contributed by atoms with Gasteiger partial charge in [-0.25, -0.2) is 0 Å². The summed E-state index contributed by atoms with van der Waals surface area (Å²) in [6.45, 7) is 7.31. The van der Waals surface area contributed by atoms with E-state index in [-0.39, 0.29) is 11.5 Å². The lowest BCUT2D eigenvalue weighted by atomic mass is 9.88. The van der Waals surface area contributed by atoms with Crippen LogP contribution < -0.4 is 5.32 Å². The molecule has 3 heteroatoms. The molecule has 1 rings (SSSR count). The normalized spacial score (nSPS) is 13.4. The predicted molar refractivity (Wildman–Crippen MR) is 63.8 cm³/mol. The van der Waals surface area contributed by atoms with E-state index < -0.39 is 0 Å². The number of furan rings is 1. The van der Waals surface area contributed by atoms with Gasteiger partial charge in [0.05, 0.1) is 18.4 Å². The predicted octanol–water partition coefficient (Wildman–Crippen LogP) is 3.26. The Bertz CT molecular complexity index is 335. The molecule has 3 nitrogen and oxygen atoms in total. The van der Waals surface area contributed by atoms with E-state index in [1.165, 1.54) is 0 Å². The van der Waals surface area contributed by atoms with Gasteiger partial charge in [0.2, 0.25) is 0 Å². The fraction of sp³-hybridized carbons (Fsp3) is 0.615. The van der Waals surface area contributed by atoms with E-state index in [2.05, 4.69) is 32.2 Å². The van der Waals surface area contributed by atoms with Crippen molar-refractivity contribution >= 4 is 0 Å². The van der Waals surface area contributed by atoms with Crippen molar-refractivity contribution in [3.05, 3.63) is 24.2 Å². The molecule has 1 N–H and O–H groups in total. The number of rotatable bonds is 6. The molecule has 0 aliphatic carbocycles. The van der Waals surface area contributed by atoms with E-state index in [1.54, 1.807) is 6.26 Å². The van der Waals surface area contributed by atoms with Crippen LogP contribution in [0.25, 0.3) is 0 Å². The summed E-state index contributed by atoms with van der Waals surface area (Å²) in [6.07, 6.45) is 3.22. The van der Waals surface area contributed by atoms with E-state index in [0.29, 0.717) is 6.42 Å². The minimum atomic E-state index is 0.149. The molecule has 1 aromatic rings. The molecule has 0 fully saturated rings. The van der Waals surface area contributed by atoms with Gasteiger partial charge >= 0.3 is 0 Å². The standard InChI is InChI=1S/C13H20N2O/c1-11(12-6-4-9-16-12)15-10-13(2,3)7-5-8-14/h4,6,9,11,15H,5,7,10H2,1-3H3. The van der Waals surface area contributed by atoms with Gasteiger partial charge in [0.15, 0.2) is 0 Å². The zero-order chi connectivity index (χ0) is 12.0. The number of hydrogen-bond donors (Lipinski definition) is 1. The van der Waals surface area contributed by atoms with Crippen molar-refractivity contribution < 1.29 is 4.42 Å². The second-order valence-corrected chi connectivity index (χ2v) is 4.94. The first-order valence-corrected chi connectivity index (χ1v) is 5.69. The molecule has 0 spiro atoms. The van der Waals surface area contributed by atoms with Gasteiger partial charge in [-0.2, -0.15) is 5.26 Å². The van der Waals surface area contributed by atoms with E-state index >= 15 is 0 Å². The van der Waals surface area contributed by atoms with Crippen LogP contribution in [0.4, 0.5) is 0 Å². The third kappa shape index (κ3) is 4.08. The maximum atomic E-state index is 8.57. The Morgan fingerprint density at radius 3 is 2.88 bits per heavy atom. The smallest absolute Gasteiger partial charge is 0.120 e. The first-order valence-electron chi connectivity index (χ1n) is 5.69. The molecule has 1 unspecified atom stereocenters. The summed E-state index contributed by atoms with van der Waals surface area (Å²) in [7, 11) is 0. The minimum absolute atomic E-state index is 0.149. The van der Waals surface area contributed by atoms with Crippen LogP contribution in [0.15, 0.2) is 22.8 Å². The molecule has 16 heavy (non-hydrogen) atoms. The summed E-state index contributed by atoms with van der Waals surface area (Å²) in [6, 6.07) is 6.28. The topological polar surface area (TPSA) is 49.0 Å². The third-order valence-corrected chi connectivity index (χ3v) is 2.77. The Morgan fingerprint density at radius 2 is 2.31 bits per heavy atom. The van der Waals surface area contributed by atoms with Gasteiger partial charge in [0, 0.05) is 13.0 Å². The molecule has 0 aliphatic rings. The zero-order valence-electron chi connectivity index (χ0n) is 10.3. The van der Waals surface area contributed by atoms with Gasteiger partial charge in [-0.15, -0.1) is 0 Å². The Balaban J connectivity index is 2.36. The molecule has 88 valence electrons. The number of hydrogen-bond acceptors (Lipinski definition) is 3. The Labute approximate surface area is 97.5 Å². The van der Waals surface area contributed by atoms with Crippen LogP contribution in [-0.2, 0) is 0 Å². The summed E-state index contributed by atoms with van der Waals surface area (Å²) in [5.74, 6) is 0.955. The second kappa shape index (κ2) is 5.72. The van der Waals surface area contributed by atoms with Crippen molar-refractivity contribution in [2.75, 3.05) is 6.54 Å². The third-order valence-electron chi connectivity index (χ3n) is 2.77. The van der Waals surface area contributed by atoms with Crippen molar-refractivity contribution in [1.82, 2.24) is 5.32 Å². The summed E-state index contributed by atoms with van der Waals surface area (Å²) in [4.78, 5) is 0. The van der Waals surface area contributed by atoms with Gasteiger partial charge in [-0.3, -0.25) is 0 Å². The Kier molecular flexibility index (Phi) is 4.57. The molecule has 0 saturated heterocycles. The van der Waals surface area contributed by atoms with Crippen molar-refractivity contribution in [2.45, 2.75) is 39.7 Å². The van der Waals surface area contributed by atoms with Gasteiger partial charge in [0.25, 0.3) is 0 Å². The monoisotopic (exact) mass is 220 g/mol. The highest BCUT2D eigenvalue weighted by Gasteiger charge is 2.19. The lowest BCUT2D eigenvalue weighted by molar-refractivity contribution is 0.294.